The minimum absolute atomic E-state index is 0.117. The van der Waals surface area contributed by atoms with Gasteiger partial charge in [-0.3, -0.25) is 19.2 Å². The number of hydrogen-bond donors (Lipinski definition) is 2. The van der Waals surface area contributed by atoms with Crippen LogP contribution < -0.4 is 11.5 Å². The van der Waals surface area contributed by atoms with E-state index in [4.69, 9.17) is 21.1 Å². The minimum Gasteiger partial charge on any atom is -0.368 e. The van der Waals surface area contributed by atoms with Crippen molar-refractivity contribution in [2.45, 2.75) is 103 Å². The standard InChI is InChI=1S/C36H62N6O6/c37-17-15-27-7-11-29(12-8-27)33(43)39-19-23-41(24-20-39)47-35(45)31-3-1-4-32(6-2-5-31)36(46)48-42-25-21-40(22-26-42)34(44)30-13-9-28(10-14-30)16-18-38/h27-32H,1-26,37-38H2. The molecule has 2 heterocycles. The third kappa shape index (κ3) is 10.4. The first kappa shape index (κ1) is 37.0. The van der Waals surface area contributed by atoms with Crippen molar-refractivity contribution in [1.29, 1.82) is 0 Å². The Morgan fingerprint density at radius 3 is 1.10 bits per heavy atom. The third-order valence-corrected chi connectivity index (χ3v) is 12.0. The van der Waals surface area contributed by atoms with Crippen molar-refractivity contribution in [2.75, 3.05) is 65.4 Å². The van der Waals surface area contributed by atoms with Gasteiger partial charge in [-0.25, -0.2) is 0 Å². The molecule has 0 aromatic rings. The number of rotatable bonds is 10. The molecule has 0 bridgehead atoms. The average Bonchev–Trinajstić information content (AvgIpc) is 3.09. The van der Waals surface area contributed by atoms with Gasteiger partial charge in [0.25, 0.3) is 0 Å². The van der Waals surface area contributed by atoms with E-state index in [9.17, 15) is 19.2 Å². The molecule has 2 saturated heterocycles. The molecule has 0 aromatic heterocycles. The van der Waals surface area contributed by atoms with Gasteiger partial charge in [-0.1, -0.05) is 12.8 Å². The normalized spacial score (nSPS) is 31.4. The summed E-state index contributed by atoms with van der Waals surface area (Å²) in [7, 11) is 0. The Morgan fingerprint density at radius 2 is 0.792 bits per heavy atom. The molecule has 5 aliphatic rings. The van der Waals surface area contributed by atoms with E-state index in [1.54, 1.807) is 10.1 Å². The van der Waals surface area contributed by atoms with Crippen LogP contribution in [0.5, 0.6) is 0 Å². The zero-order valence-corrected chi connectivity index (χ0v) is 29.2. The summed E-state index contributed by atoms with van der Waals surface area (Å²) in [5.41, 5.74) is 11.4. The molecule has 48 heavy (non-hydrogen) atoms. The SMILES string of the molecule is NCCC1CCC(C(=O)N2CCN(OC(=O)C3CCCC(C(=O)ON4CCN(C(=O)C5CCC(CCN)CC5)CC4)CCC3)CC2)CC1. The summed E-state index contributed by atoms with van der Waals surface area (Å²) in [6, 6.07) is 0. The maximum absolute atomic E-state index is 13.1. The van der Waals surface area contributed by atoms with Gasteiger partial charge in [0.15, 0.2) is 0 Å². The number of nitrogens with two attached hydrogens (primary N) is 2. The van der Waals surface area contributed by atoms with Crippen LogP contribution in [0.15, 0.2) is 0 Å². The first-order valence-electron chi connectivity index (χ1n) is 19.3. The number of hydrogen-bond acceptors (Lipinski definition) is 10. The molecule has 12 heteroatoms. The molecular weight excluding hydrogens is 612 g/mol. The number of carbonyl (C=O) groups is 4. The summed E-state index contributed by atoms with van der Waals surface area (Å²) < 4.78 is 0. The highest BCUT2D eigenvalue weighted by Crippen LogP contribution is 2.33. The predicted octanol–water partition coefficient (Wildman–Crippen LogP) is 3.09. The largest absolute Gasteiger partial charge is 0.368 e. The van der Waals surface area contributed by atoms with Crippen molar-refractivity contribution < 1.29 is 28.9 Å². The first-order valence-corrected chi connectivity index (χ1v) is 19.3. The van der Waals surface area contributed by atoms with Gasteiger partial charge in [0, 0.05) is 38.0 Å². The molecule has 12 nitrogen and oxygen atoms in total. The molecular formula is C36H62N6O6. The molecule has 0 radical (unpaired) electrons. The quantitative estimate of drug-likeness (QED) is 0.354. The molecule has 5 rings (SSSR count). The fourth-order valence-corrected chi connectivity index (χ4v) is 8.77. The second kappa shape index (κ2) is 18.6. The topological polar surface area (TPSA) is 152 Å². The third-order valence-electron chi connectivity index (χ3n) is 12.0. The maximum atomic E-state index is 13.1. The van der Waals surface area contributed by atoms with E-state index in [2.05, 4.69) is 0 Å². The molecule has 272 valence electrons. The minimum atomic E-state index is -0.190. The van der Waals surface area contributed by atoms with Crippen molar-refractivity contribution in [3.63, 3.8) is 0 Å². The summed E-state index contributed by atoms with van der Waals surface area (Å²) in [6.45, 7) is 5.97. The van der Waals surface area contributed by atoms with Crippen molar-refractivity contribution >= 4 is 23.8 Å². The van der Waals surface area contributed by atoms with Crippen LogP contribution >= 0.6 is 0 Å². The smallest absolute Gasteiger partial charge is 0.328 e. The van der Waals surface area contributed by atoms with E-state index in [0.717, 1.165) is 90.1 Å². The van der Waals surface area contributed by atoms with Crippen molar-refractivity contribution in [3.05, 3.63) is 0 Å². The second-order valence-electron chi connectivity index (χ2n) is 15.2. The Labute approximate surface area is 287 Å². The number of piperazine rings is 2. The molecule has 0 spiro atoms. The van der Waals surface area contributed by atoms with E-state index in [0.29, 0.717) is 89.9 Å². The molecule has 3 aliphatic carbocycles. The van der Waals surface area contributed by atoms with Gasteiger partial charge in [-0.2, -0.15) is 0 Å². The first-order chi connectivity index (χ1) is 23.3. The van der Waals surface area contributed by atoms with Crippen LogP contribution in [-0.2, 0) is 28.9 Å². The molecule has 3 saturated carbocycles. The van der Waals surface area contributed by atoms with Gasteiger partial charge >= 0.3 is 11.9 Å². The Bertz CT molecular complexity index is 956. The van der Waals surface area contributed by atoms with Crippen molar-refractivity contribution in [3.8, 4) is 0 Å². The van der Waals surface area contributed by atoms with Crippen LogP contribution in [0.1, 0.15) is 103 Å². The molecule has 2 aliphatic heterocycles. The number of amides is 2. The zero-order valence-electron chi connectivity index (χ0n) is 29.2. The highest BCUT2D eigenvalue weighted by Gasteiger charge is 2.35. The van der Waals surface area contributed by atoms with Gasteiger partial charge in [0.05, 0.1) is 38.0 Å². The molecule has 0 atom stereocenters. The van der Waals surface area contributed by atoms with E-state index in [1.165, 1.54) is 0 Å². The van der Waals surface area contributed by atoms with E-state index < -0.39 is 0 Å². The molecule has 0 aromatic carbocycles. The molecule has 5 fully saturated rings. The van der Waals surface area contributed by atoms with Crippen LogP contribution in [-0.4, -0.2) is 109 Å². The van der Waals surface area contributed by atoms with Gasteiger partial charge < -0.3 is 30.9 Å². The summed E-state index contributed by atoms with van der Waals surface area (Å²) in [5.74, 6) is 1.34. The lowest BCUT2D eigenvalue weighted by Crippen LogP contribution is -2.51. The van der Waals surface area contributed by atoms with Crippen LogP contribution in [0.2, 0.25) is 0 Å². The lowest BCUT2D eigenvalue weighted by Gasteiger charge is -2.37. The highest BCUT2D eigenvalue weighted by atomic mass is 16.7. The molecule has 2 amide bonds. The Kier molecular flexibility index (Phi) is 14.4. The summed E-state index contributed by atoms with van der Waals surface area (Å²) in [5, 5.41) is 3.45. The van der Waals surface area contributed by atoms with Crippen LogP contribution in [0, 0.1) is 35.5 Å². The van der Waals surface area contributed by atoms with E-state index >= 15 is 0 Å². The highest BCUT2D eigenvalue weighted by molar-refractivity contribution is 5.79. The van der Waals surface area contributed by atoms with E-state index in [1.807, 2.05) is 9.80 Å². The molecule has 0 unspecified atom stereocenters. The van der Waals surface area contributed by atoms with Gasteiger partial charge in [-0.05, 0) is 115 Å². The Morgan fingerprint density at radius 1 is 0.458 bits per heavy atom. The van der Waals surface area contributed by atoms with Crippen molar-refractivity contribution in [1.82, 2.24) is 19.9 Å². The van der Waals surface area contributed by atoms with Gasteiger partial charge in [0.1, 0.15) is 0 Å². The average molecular weight is 675 g/mol. The fourth-order valence-electron chi connectivity index (χ4n) is 8.77. The summed E-state index contributed by atoms with van der Waals surface area (Å²) in [4.78, 5) is 67.9. The monoisotopic (exact) mass is 674 g/mol. The predicted molar refractivity (Wildman–Crippen MR) is 181 cm³/mol. The van der Waals surface area contributed by atoms with Gasteiger partial charge in [0.2, 0.25) is 11.8 Å². The molecule has 4 N–H and O–H groups in total. The van der Waals surface area contributed by atoms with E-state index in [-0.39, 0.29) is 47.4 Å². The lowest BCUT2D eigenvalue weighted by molar-refractivity contribution is -0.204. The Balaban J connectivity index is 0.948. The summed E-state index contributed by atoms with van der Waals surface area (Å²) in [6.07, 6.45) is 14.6. The number of carbonyl (C=O) groups excluding carboxylic acids is 4. The summed E-state index contributed by atoms with van der Waals surface area (Å²) >= 11 is 0. The Hall–Kier alpha value is -2.28. The van der Waals surface area contributed by atoms with Crippen LogP contribution in [0.4, 0.5) is 0 Å². The second-order valence-corrected chi connectivity index (χ2v) is 15.2. The van der Waals surface area contributed by atoms with Gasteiger partial charge in [-0.15, -0.1) is 10.1 Å². The maximum Gasteiger partial charge on any atom is 0.328 e. The van der Waals surface area contributed by atoms with Crippen LogP contribution in [0.3, 0.4) is 0 Å². The fraction of sp³-hybridized carbons (Fsp3) is 0.889. The lowest BCUT2D eigenvalue weighted by atomic mass is 9.80. The number of nitrogens with zero attached hydrogens (tertiary/aromatic N) is 4. The van der Waals surface area contributed by atoms with Crippen LogP contribution in [0.25, 0.3) is 0 Å². The zero-order chi connectivity index (χ0) is 33.9. The van der Waals surface area contributed by atoms with Crippen molar-refractivity contribution in [2.24, 2.45) is 47.0 Å². The number of hydroxylamine groups is 4.